The van der Waals surface area contributed by atoms with Gasteiger partial charge in [0.25, 0.3) is 5.69 Å². The lowest BCUT2D eigenvalue weighted by atomic mass is 9.97. The predicted molar refractivity (Wildman–Crippen MR) is 139 cm³/mol. The Morgan fingerprint density at radius 3 is 2.75 bits per heavy atom. The molecule has 1 aromatic carbocycles. The van der Waals surface area contributed by atoms with Gasteiger partial charge in [0.1, 0.15) is 17.5 Å². The summed E-state index contributed by atoms with van der Waals surface area (Å²) in [6.07, 6.45) is 9.11. The Balaban J connectivity index is 1.70. The maximum atomic E-state index is 11.9. The first kappa shape index (κ1) is 24.5. The van der Waals surface area contributed by atoms with E-state index in [-0.39, 0.29) is 22.7 Å². The molecule has 0 aliphatic carbocycles. The molecule has 36 heavy (non-hydrogen) atoms. The number of terminal acetylenes is 1. The van der Waals surface area contributed by atoms with Gasteiger partial charge in [-0.25, -0.2) is 15.0 Å². The number of nitro benzene ring substituents is 1. The lowest BCUT2D eigenvalue weighted by Gasteiger charge is -2.20. The van der Waals surface area contributed by atoms with Crippen LogP contribution in [0.5, 0.6) is 0 Å². The highest BCUT2D eigenvalue weighted by Gasteiger charge is 2.20. The van der Waals surface area contributed by atoms with E-state index in [0.29, 0.717) is 42.2 Å². The molecule has 4 aromatic rings. The Kier molecular flexibility index (Phi) is 6.78. The van der Waals surface area contributed by atoms with E-state index in [1.807, 2.05) is 13.0 Å². The summed E-state index contributed by atoms with van der Waals surface area (Å²) in [5.41, 5.74) is 2.07. The average Bonchev–Trinajstić information content (AvgIpc) is 3.29. The van der Waals surface area contributed by atoms with Gasteiger partial charge in [-0.3, -0.25) is 10.1 Å². The number of fused-ring (bicyclic) bond motifs is 1. The number of rotatable bonds is 8. The molecule has 0 aliphatic heterocycles. The van der Waals surface area contributed by atoms with Crippen LogP contribution in [-0.4, -0.2) is 41.2 Å². The van der Waals surface area contributed by atoms with E-state index in [0.717, 1.165) is 11.1 Å². The Hall–Kier alpha value is -4.59. The molecule has 2 N–H and O–H groups in total. The number of nitro groups is 1. The Bertz CT molecular complexity index is 1460. The fraction of sp³-hybridized carbons (Fsp3) is 0.320. The van der Waals surface area contributed by atoms with Gasteiger partial charge >= 0.3 is 0 Å². The van der Waals surface area contributed by atoms with Crippen molar-refractivity contribution in [1.29, 1.82) is 0 Å². The van der Waals surface area contributed by atoms with E-state index < -0.39 is 4.92 Å². The van der Waals surface area contributed by atoms with Crippen LogP contribution in [0.4, 0.5) is 23.1 Å². The van der Waals surface area contributed by atoms with Crippen molar-refractivity contribution in [3.63, 3.8) is 0 Å². The minimum atomic E-state index is -0.459. The van der Waals surface area contributed by atoms with E-state index in [9.17, 15) is 10.1 Å². The van der Waals surface area contributed by atoms with Crippen molar-refractivity contribution in [2.45, 2.75) is 40.7 Å². The molecule has 184 valence electrons. The van der Waals surface area contributed by atoms with Crippen LogP contribution in [0.3, 0.4) is 0 Å². The second-order valence-electron chi connectivity index (χ2n) is 9.52. The molecule has 11 nitrogen and oxygen atoms in total. The summed E-state index contributed by atoms with van der Waals surface area (Å²) < 4.78 is 1.76. The van der Waals surface area contributed by atoms with Crippen molar-refractivity contribution in [3.8, 4) is 23.7 Å². The van der Waals surface area contributed by atoms with Gasteiger partial charge in [-0.1, -0.05) is 20.8 Å². The summed E-state index contributed by atoms with van der Waals surface area (Å²) in [4.78, 5) is 25.1. The molecule has 0 bridgehead atoms. The maximum Gasteiger partial charge on any atom is 0.293 e. The molecular formula is C25H27N9O2. The Morgan fingerprint density at radius 1 is 1.22 bits per heavy atom. The summed E-state index contributed by atoms with van der Waals surface area (Å²) in [6.45, 7) is 9.44. The number of aryl methyl sites for hydroxylation is 2. The third kappa shape index (κ3) is 5.38. The third-order valence-corrected chi connectivity index (χ3v) is 5.40. The fourth-order valence-electron chi connectivity index (χ4n) is 3.62. The zero-order valence-corrected chi connectivity index (χ0v) is 20.6. The molecule has 0 spiro atoms. The van der Waals surface area contributed by atoms with Gasteiger partial charge in [0.15, 0.2) is 11.6 Å². The van der Waals surface area contributed by atoms with Crippen LogP contribution in [0.15, 0.2) is 36.8 Å². The standard InChI is InChI=1S/C25H27N9O2/c1-6-7-12-33-15-28-32-23(33)17-8-9-19(20(13-17)34(35)36)30-24-29-16(2)18-10-11-26-22(21(18)31-24)27-14-25(3,4)5/h1,8-11,13,15H,7,12,14H2,2-5H3,(H,26,27)(H,29,30,31). The molecule has 0 saturated carbocycles. The summed E-state index contributed by atoms with van der Waals surface area (Å²) in [5, 5.41) is 27.2. The lowest BCUT2D eigenvalue weighted by Crippen LogP contribution is -2.20. The fourth-order valence-corrected chi connectivity index (χ4v) is 3.62. The van der Waals surface area contributed by atoms with E-state index in [4.69, 9.17) is 6.42 Å². The first-order valence-corrected chi connectivity index (χ1v) is 11.4. The normalized spacial score (nSPS) is 11.3. The lowest BCUT2D eigenvalue weighted by molar-refractivity contribution is -0.383. The zero-order valence-electron chi connectivity index (χ0n) is 20.6. The van der Waals surface area contributed by atoms with Crippen LogP contribution in [0.25, 0.3) is 22.3 Å². The van der Waals surface area contributed by atoms with Gasteiger partial charge in [0.05, 0.1) is 10.6 Å². The van der Waals surface area contributed by atoms with Crippen LogP contribution >= 0.6 is 0 Å². The topological polar surface area (TPSA) is 137 Å². The van der Waals surface area contributed by atoms with Gasteiger partial charge in [-0.15, -0.1) is 22.5 Å². The van der Waals surface area contributed by atoms with Gasteiger partial charge in [0, 0.05) is 42.7 Å². The molecular weight excluding hydrogens is 458 g/mol. The molecule has 0 amide bonds. The van der Waals surface area contributed by atoms with Gasteiger partial charge in [0.2, 0.25) is 5.95 Å². The van der Waals surface area contributed by atoms with Crippen LogP contribution < -0.4 is 10.6 Å². The molecule has 3 aromatic heterocycles. The summed E-state index contributed by atoms with van der Waals surface area (Å²) >= 11 is 0. The summed E-state index contributed by atoms with van der Waals surface area (Å²) in [5.74, 6) is 3.94. The van der Waals surface area contributed by atoms with Crippen molar-refractivity contribution in [3.05, 3.63) is 52.6 Å². The van der Waals surface area contributed by atoms with E-state index >= 15 is 0 Å². The zero-order chi connectivity index (χ0) is 25.9. The predicted octanol–water partition coefficient (Wildman–Crippen LogP) is 4.72. The molecule has 0 saturated heterocycles. The highest BCUT2D eigenvalue weighted by molar-refractivity contribution is 5.90. The molecule has 0 fully saturated rings. The Morgan fingerprint density at radius 2 is 2.03 bits per heavy atom. The number of hydrogen-bond donors (Lipinski definition) is 2. The first-order valence-electron chi connectivity index (χ1n) is 11.4. The number of nitrogens with one attached hydrogen (secondary N) is 2. The second-order valence-corrected chi connectivity index (χ2v) is 9.52. The van der Waals surface area contributed by atoms with Gasteiger partial charge < -0.3 is 15.2 Å². The van der Waals surface area contributed by atoms with Crippen molar-refractivity contribution in [2.24, 2.45) is 5.41 Å². The quantitative estimate of drug-likeness (QED) is 0.206. The second kappa shape index (κ2) is 9.95. The van der Waals surface area contributed by atoms with Gasteiger partial charge in [-0.05, 0) is 30.5 Å². The maximum absolute atomic E-state index is 11.9. The Labute approximate surface area is 208 Å². The number of anilines is 3. The number of hydrogen-bond acceptors (Lipinski definition) is 9. The number of pyridine rings is 1. The number of nitrogens with zero attached hydrogens (tertiary/aromatic N) is 7. The van der Waals surface area contributed by atoms with Crippen LogP contribution in [0, 0.1) is 34.8 Å². The molecule has 0 unspecified atom stereocenters. The van der Waals surface area contributed by atoms with E-state index in [1.54, 1.807) is 29.2 Å². The minimum Gasteiger partial charge on any atom is -0.368 e. The average molecular weight is 486 g/mol. The smallest absolute Gasteiger partial charge is 0.293 e. The van der Waals surface area contributed by atoms with Crippen LogP contribution in [0.2, 0.25) is 0 Å². The number of aromatic nitrogens is 6. The van der Waals surface area contributed by atoms with Crippen molar-refractivity contribution in [2.75, 3.05) is 17.2 Å². The van der Waals surface area contributed by atoms with Crippen molar-refractivity contribution in [1.82, 2.24) is 29.7 Å². The van der Waals surface area contributed by atoms with Crippen molar-refractivity contribution < 1.29 is 4.92 Å². The monoisotopic (exact) mass is 485 g/mol. The first-order chi connectivity index (χ1) is 17.2. The van der Waals surface area contributed by atoms with E-state index in [2.05, 4.69) is 62.5 Å². The molecule has 0 aliphatic rings. The van der Waals surface area contributed by atoms with Crippen LogP contribution in [-0.2, 0) is 6.54 Å². The largest absolute Gasteiger partial charge is 0.368 e. The summed E-state index contributed by atoms with van der Waals surface area (Å²) in [6, 6.07) is 6.64. The van der Waals surface area contributed by atoms with Crippen molar-refractivity contribution >= 4 is 34.0 Å². The van der Waals surface area contributed by atoms with E-state index in [1.165, 1.54) is 6.07 Å². The minimum absolute atomic E-state index is 0.0421. The molecule has 3 heterocycles. The molecule has 0 atom stereocenters. The highest BCUT2D eigenvalue weighted by atomic mass is 16.6. The number of benzene rings is 1. The third-order valence-electron chi connectivity index (χ3n) is 5.40. The summed E-state index contributed by atoms with van der Waals surface area (Å²) in [7, 11) is 0. The highest BCUT2D eigenvalue weighted by Crippen LogP contribution is 2.32. The SMILES string of the molecule is C#CCCn1cnnc1-c1ccc(Nc2nc(C)c3ccnc(NCC(C)(C)C)c3n2)c([N+](=O)[O-])c1. The molecule has 4 rings (SSSR count). The molecule has 11 heteroatoms. The van der Waals surface area contributed by atoms with Gasteiger partial charge in [-0.2, -0.15) is 0 Å². The molecule has 0 radical (unpaired) electrons. The van der Waals surface area contributed by atoms with Crippen LogP contribution in [0.1, 0.15) is 32.9 Å².